The maximum absolute atomic E-state index is 13.6. The summed E-state index contributed by atoms with van der Waals surface area (Å²) in [5.41, 5.74) is 4.48. The molecule has 1 aromatic heterocycles. The first-order valence-corrected chi connectivity index (χ1v) is 11.8. The van der Waals surface area contributed by atoms with Crippen molar-refractivity contribution in [2.45, 2.75) is 12.8 Å². The highest BCUT2D eigenvalue weighted by Gasteiger charge is 2.30. The zero-order valence-electron chi connectivity index (χ0n) is 20.5. The molecule has 8 nitrogen and oxygen atoms in total. The molecule has 8 heteroatoms. The number of nitrogens with one attached hydrogen (secondary N) is 1. The van der Waals surface area contributed by atoms with Gasteiger partial charge < -0.3 is 24.4 Å². The van der Waals surface area contributed by atoms with Gasteiger partial charge in [-0.1, -0.05) is 30.3 Å². The molecule has 5 rings (SSSR count). The molecule has 1 aliphatic heterocycles. The van der Waals surface area contributed by atoms with E-state index < -0.39 is 0 Å². The predicted molar refractivity (Wildman–Crippen MR) is 140 cm³/mol. The van der Waals surface area contributed by atoms with E-state index in [1.54, 1.807) is 14.2 Å². The van der Waals surface area contributed by atoms with Gasteiger partial charge in [0.15, 0.2) is 17.3 Å². The molecule has 0 unspecified atom stereocenters. The molecule has 0 spiro atoms. The summed E-state index contributed by atoms with van der Waals surface area (Å²) in [6.45, 7) is 0.488. The lowest BCUT2D eigenvalue weighted by molar-refractivity contribution is -0.119. The Morgan fingerprint density at radius 1 is 0.889 bits per heavy atom. The van der Waals surface area contributed by atoms with Crippen LogP contribution in [-0.2, 0) is 11.2 Å². The van der Waals surface area contributed by atoms with Gasteiger partial charge in [-0.05, 0) is 48.7 Å². The number of amides is 1. The molecule has 0 radical (unpaired) electrons. The van der Waals surface area contributed by atoms with Crippen LogP contribution in [0.25, 0.3) is 11.0 Å². The van der Waals surface area contributed by atoms with Crippen LogP contribution in [0.3, 0.4) is 0 Å². The maximum atomic E-state index is 13.6. The molecule has 0 aliphatic carbocycles. The van der Waals surface area contributed by atoms with Crippen molar-refractivity contribution in [3.8, 4) is 17.4 Å². The monoisotopic (exact) mass is 484 g/mol. The minimum atomic E-state index is -0.312. The molecule has 1 aliphatic rings. The van der Waals surface area contributed by atoms with Gasteiger partial charge in [-0.25, -0.2) is 9.97 Å². The van der Waals surface area contributed by atoms with Gasteiger partial charge in [-0.3, -0.25) is 4.79 Å². The second kappa shape index (κ2) is 10.1. The molecule has 0 bridgehead atoms. The number of ether oxygens (including phenoxy) is 3. The van der Waals surface area contributed by atoms with Gasteiger partial charge in [-0.15, -0.1) is 0 Å². The Morgan fingerprint density at radius 3 is 2.25 bits per heavy atom. The molecule has 36 heavy (non-hydrogen) atoms. The molecule has 4 aromatic rings. The van der Waals surface area contributed by atoms with Gasteiger partial charge in [0.05, 0.1) is 38.3 Å². The summed E-state index contributed by atoms with van der Waals surface area (Å²) in [4.78, 5) is 24.9. The average molecular weight is 485 g/mol. The van der Waals surface area contributed by atoms with Crippen molar-refractivity contribution in [3.05, 3.63) is 72.3 Å². The highest BCUT2D eigenvalue weighted by Crippen LogP contribution is 2.41. The summed E-state index contributed by atoms with van der Waals surface area (Å²) in [5.74, 6) is 1.48. The molecule has 1 N–H and O–H groups in total. The molecule has 2 heterocycles. The number of anilines is 3. The number of carbonyl (C=O) groups excluding carboxylic acids is 1. The molecule has 1 atom stereocenters. The Hall–Kier alpha value is -4.33. The number of aromatic nitrogens is 2. The Labute approximate surface area is 209 Å². The summed E-state index contributed by atoms with van der Waals surface area (Å²) in [5, 5.41) is 2.98. The van der Waals surface area contributed by atoms with Crippen LogP contribution in [0.1, 0.15) is 12.0 Å². The molecule has 0 saturated carbocycles. The third-order valence-corrected chi connectivity index (χ3v) is 6.45. The zero-order valence-corrected chi connectivity index (χ0v) is 20.5. The van der Waals surface area contributed by atoms with E-state index in [0.29, 0.717) is 47.7 Å². The van der Waals surface area contributed by atoms with E-state index in [0.717, 1.165) is 16.9 Å². The lowest BCUT2D eigenvalue weighted by Crippen LogP contribution is -2.33. The number of nitrogens with zero attached hydrogens (tertiary/aromatic N) is 3. The topological polar surface area (TPSA) is 85.8 Å². The lowest BCUT2D eigenvalue weighted by Gasteiger charge is -2.28. The Morgan fingerprint density at radius 2 is 1.56 bits per heavy atom. The standard InChI is InChI=1S/C28H28N4O4/c1-34-24-15-18-13-14-19(17-32(20-9-5-4-6-10-20)23(18)16-25(24)35-2)27(33)31-26-28(36-3)30-22-12-8-7-11-21(22)29-26/h4-12,15-16,19H,13-14,17H2,1-3H3,(H,29,31,33)/t19-/m0/s1. The number of methoxy groups -OCH3 is 3. The first-order chi connectivity index (χ1) is 17.6. The summed E-state index contributed by atoms with van der Waals surface area (Å²) >= 11 is 0. The van der Waals surface area contributed by atoms with Gasteiger partial charge in [0.2, 0.25) is 5.91 Å². The minimum Gasteiger partial charge on any atom is -0.493 e. The van der Waals surface area contributed by atoms with Gasteiger partial charge in [-0.2, -0.15) is 0 Å². The number of rotatable bonds is 6. The van der Waals surface area contributed by atoms with Crippen molar-refractivity contribution >= 4 is 34.1 Å². The Balaban J connectivity index is 1.49. The fourth-order valence-corrected chi connectivity index (χ4v) is 4.59. The largest absolute Gasteiger partial charge is 0.493 e. The fourth-order valence-electron chi connectivity index (χ4n) is 4.59. The van der Waals surface area contributed by atoms with E-state index in [9.17, 15) is 4.79 Å². The van der Waals surface area contributed by atoms with Crippen LogP contribution in [0.15, 0.2) is 66.7 Å². The number of carbonyl (C=O) groups is 1. The first-order valence-electron chi connectivity index (χ1n) is 11.8. The maximum Gasteiger partial charge on any atom is 0.258 e. The van der Waals surface area contributed by atoms with E-state index in [1.807, 2.05) is 66.7 Å². The third kappa shape index (κ3) is 4.49. The van der Waals surface area contributed by atoms with Gasteiger partial charge in [0, 0.05) is 24.0 Å². The lowest BCUT2D eigenvalue weighted by atomic mass is 10.00. The number of fused-ring (bicyclic) bond motifs is 2. The van der Waals surface area contributed by atoms with Crippen LogP contribution < -0.4 is 24.4 Å². The molecular formula is C28H28N4O4. The second-order valence-electron chi connectivity index (χ2n) is 8.58. The van der Waals surface area contributed by atoms with Gasteiger partial charge >= 0.3 is 0 Å². The van der Waals surface area contributed by atoms with E-state index >= 15 is 0 Å². The quantitative estimate of drug-likeness (QED) is 0.412. The van der Waals surface area contributed by atoms with Crippen molar-refractivity contribution in [2.24, 2.45) is 5.92 Å². The molecule has 184 valence electrons. The second-order valence-corrected chi connectivity index (χ2v) is 8.58. The van der Waals surface area contributed by atoms with Crippen molar-refractivity contribution in [3.63, 3.8) is 0 Å². The van der Waals surface area contributed by atoms with Crippen molar-refractivity contribution in [1.29, 1.82) is 0 Å². The van der Waals surface area contributed by atoms with Crippen LogP contribution >= 0.6 is 0 Å². The first kappa shape index (κ1) is 23.4. The van der Waals surface area contributed by atoms with Crippen LogP contribution in [0, 0.1) is 5.92 Å². The van der Waals surface area contributed by atoms with Crippen molar-refractivity contribution in [2.75, 3.05) is 38.1 Å². The Kier molecular flexibility index (Phi) is 6.58. The molecule has 1 amide bonds. The normalized spacial score (nSPS) is 15.1. The van der Waals surface area contributed by atoms with Crippen LogP contribution in [-0.4, -0.2) is 43.7 Å². The zero-order chi connectivity index (χ0) is 25.1. The number of para-hydroxylation sites is 3. The summed E-state index contributed by atoms with van der Waals surface area (Å²) < 4.78 is 16.6. The molecule has 3 aromatic carbocycles. The SMILES string of the molecule is COc1cc2c(cc1OC)N(c1ccccc1)C[C@@H](C(=O)Nc1nc3ccccc3nc1OC)CC2. The van der Waals surface area contributed by atoms with E-state index in [2.05, 4.69) is 20.2 Å². The van der Waals surface area contributed by atoms with Crippen molar-refractivity contribution in [1.82, 2.24) is 9.97 Å². The highest BCUT2D eigenvalue weighted by atomic mass is 16.5. The Bertz CT molecular complexity index is 1390. The van der Waals surface area contributed by atoms with E-state index in [1.165, 1.54) is 7.11 Å². The summed E-state index contributed by atoms with van der Waals surface area (Å²) in [6, 6.07) is 21.5. The van der Waals surface area contributed by atoms with Gasteiger partial charge in [0.1, 0.15) is 0 Å². The minimum absolute atomic E-state index is 0.134. The average Bonchev–Trinajstić information content (AvgIpc) is 3.11. The number of hydrogen-bond donors (Lipinski definition) is 1. The van der Waals surface area contributed by atoms with Gasteiger partial charge in [0.25, 0.3) is 5.88 Å². The molecular weight excluding hydrogens is 456 g/mol. The highest BCUT2D eigenvalue weighted by molar-refractivity contribution is 5.94. The fraction of sp³-hybridized carbons (Fsp3) is 0.250. The van der Waals surface area contributed by atoms with Crippen LogP contribution in [0.5, 0.6) is 17.4 Å². The smallest absolute Gasteiger partial charge is 0.258 e. The van der Waals surface area contributed by atoms with Crippen molar-refractivity contribution < 1.29 is 19.0 Å². The van der Waals surface area contributed by atoms with Crippen LogP contribution in [0.4, 0.5) is 17.2 Å². The number of aryl methyl sites for hydroxylation is 1. The molecule has 0 saturated heterocycles. The number of hydrogen-bond acceptors (Lipinski definition) is 7. The number of benzene rings is 3. The summed E-state index contributed by atoms with van der Waals surface area (Å²) in [6.07, 6.45) is 1.36. The van der Waals surface area contributed by atoms with E-state index in [-0.39, 0.29) is 17.7 Å². The van der Waals surface area contributed by atoms with Crippen LogP contribution in [0.2, 0.25) is 0 Å². The third-order valence-electron chi connectivity index (χ3n) is 6.45. The molecule has 0 fully saturated rings. The predicted octanol–water partition coefficient (Wildman–Crippen LogP) is 4.99. The van der Waals surface area contributed by atoms with E-state index in [4.69, 9.17) is 14.2 Å². The summed E-state index contributed by atoms with van der Waals surface area (Å²) in [7, 11) is 4.78.